The van der Waals surface area contributed by atoms with Gasteiger partial charge in [0.15, 0.2) is 0 Å². The molecule has 0 aliphatic carbocycles. The van der Waals surface area contributed by atoms with Gasteiger partial charge in [0, 0.05) is 23.2 Å². The van der Waals surface area contributed by atoms with E-state index in [2.05, 4.69) is 24.3 Å². The fourth-order valence-corrected chi connectivity index (χ4v) is 2.57. The third-order valence-corrected chi connectivity index (χ3v) is 3.23. The molecule has 74 valence electrons. The van der Waals surface area contributed by atoms with Crippen molar-refractivity contribution in [2.24, 2.45) is 5.73 Å². The molecular weight excluding hydrogens is 194 g/mol. The van der Waals surface area contributed by atoms with E-state index in [1.165, 1.54) is 20.5 Å². The normalized spacial score (nSPS) is 11.0. The van der Waals surface area contributed by atoms with Crippen LogP contribution < -0.4 is 5.73 Å². The Bertz CT molecular complexity index is 436. The fraction of sp³-hybridized carbons (Fsp3) is 0.273. The Labute approximate surface area is 87.3 Å². The van der Waals surface area contributed by atoms with E-state index in [9.17, 15) is 0 Å². The van der Waals surface area contributed by atoms with E-state index in [1.54, 1.807) is 18.4 Å². The van der Waals surface area contributed by atoms with Gasteiger partial charge in [-0.25, -0.2) is 0 Å². The molecule has 0 aliphatic heterocycles. The molecule has 1 aromatic heterocycles. The number of hydrogen-bond acceptors (Lipinski definition) is 3. The van der Waals surface area contributed by atoms with Crippen molar-refractivity contribution in [1.29, 1.82) is 0 Å². The average Bonchev–Trinajstić information content (AvgIpc) is 2.59. The van der Waals surface area contributed by atoms with Crippen LogP contribution >= 0.6 is 11.3 Å². The lowest BCUT2D eigenvalue weighted by Gasteiger charge is -1.94. The number of thiophene rings is 1. The Balaban J connectivity index is 2.43. The molecule has 2 rings (SSSR count). The zero-order valence-electron chi connectivity index (χ0n) is 8.12. The Hall–Kier alpha value is -0.900. The summed E-state index contributed by atoms with van der Waals surface area (Å²) in [5, 5.41) is 1.28. The van der Waals surface area contributed by atoms with Gasteiger partial charge >= 0.3 is 0 Å². The Morgan fingerprint density at radius 2 is 2.21 bits per heavy atom. The largest absolute Gasteiger partial charge is 0.379 e. The third kappa shape index (κ3) is 1.80. The van der Waals surface area contributed by atoms with Crippen LogP contribution in [0.5, 0.6) is 0 Å². The first-order valence-corrected chi connectivity index (χ1v) is 5.35. The summed E-state index contributed by atoms with van der Waals surface area (Å²) < 4.78 is 6.39. The van der Waals surface area contributed by atoms with E-state index in [0.29, 0.717) is 13.2 Å². The van der Waals surface area contributed by atoms with Crippen LogP contribution in [-0.4, -0.2) is 7.11 Å². The van der Waals surface area contributed by atoms with Gasteiger partial charge < -0.3 is 10.5 Å². The molecule has 0 unspecified atom stereocenters. The lowest BCUT2D eigenvalue weighted by atomic mass is 10.2. The van der Waals surface area contributed by atoms with Crippen LogP contribution in [0.15, 0.2) is 24.3 Å². The maximum absolute atomic E-state index is 5.59. The van der Waals surface area contributed by atoms with Crippen molar-refractivity contribution < 1.29 is 4.74 Å². The summed E-state index contributed by atoms with van der Waals surface area (Å²) >= 11 is 1.77. The molecule has 2 nitrogen and oxygen atoms in total. The van der Waals surface area contributed by atoms with Gasteiger partial charge in [0.1, 0.15) is 0 Å². The van der Waals surface area contributed by atoms with Crippen LogP contribution in [0.3, 0.4) is 0 Å². The number of fused-ring (bicyclic) bond motifs is 1. The van der Waals surface area contributed by atoms with E-state index >= 15 is 0 Å². The molecule has 0 fully saturated rings. The summed E-state index contributed by atoms with van der Waals surface area (Å²) in [7, 11) is 1.72. The molecule has 2 N–H and O–H groups in total. The van der Waals surface area contributed by atoms with Crippen LogP contribution in [0.1, 0.15) is 10.4 Å². The lowest BCUT2D eigenvalue weighted by molar-refractivity contribution is 0.187. The second kappa shape index (κ2) is 4.09. The molecule has 0 saturated heterocycles. The minimum atomic E-state index is 0.605. The second-order valence-electron chi connectivity index (χ2n) is 3.22. The molecule has 1 aromatic carbocycles. The number of benzene rings is 1. The van der Waals surface area contributed by atoms with Crippen LogP contribution in [0.4, 0.5) is 0 Å². The van der Waals surface area contributed by atoms with Crippen molar-refractivity contribution in [2.75, 3.05) is 7.11 Å². The summed E-state index contributed by atoms with van der Waals surface area (Å²) in [6.07, 6.45) is 0. The first-order chi connectivity index (χ1) is 6.83. The van der Waals surface area contributed by atoms with E-state index < -0.39 is 0 Å². The molecule has 0 bridgehead atoms. The van der Waals surface area contributed by atoms with Crippen LogP contribution in [-0.2, 0) is 17.9 Å². The predicted octanol–water partition coefficient (Wildman–Crippen LogP) is 2.51. The number of hydrogen-bond donors (Lipinski definition) is 1. The molecule has 3 heteroatoms. The summed E-state index contributed by atoms with van der Waals surface area (Å²) in [6.45, 7) is 1.30. The number of ether oxygens (including phenoxy) is 1. The number of rotatable bonds is 3. The molecule has 2 aromatic rings. The van der Waals surface area contributed by atoms with Crippen LogP contribution in [0, 0.1) is 0 Å². The lowest BCUT2D eigenvalue weighted by Crippen LogP contribution is -1.94. The molecule has 1 heterocycles. The smallest absolute Gasteiger partial charge is 0.0806 e. The van der Waals surface area contributed by atoms with Gasteiger partial charge in [-0.05, 0) is 23.1 Å². The summed E-state index contributed by atoms with van der Waals surface area (Å²) in [6, 6.07) is 8.52. The third-order valence-electron chi connectivity index (χ3n) is 2.16. The van der Waals surface area contributed by atoms with E-state index in [0.717, 1.165) is 0 Å². The molecule has 0 atom stereocenters. The van der Waals surface area contributed by atoms with Gasteiger partial charge in [-0.1, -0.05) is 12.1 Å². The maximum Gasteiger partial charge on any atom is 0.0806 e. The van der Waals surface area contributed by atoms with Gasteiger partial charge in [0.05, 0.1) is 6.61 Å². The SMILES string of the molecule is COCc1cc2ccc(CN)cc2s1. The topological polar surface area (TPSA) is 35.2 Å². The molecule has 0 amide bonds. The van der Waals surface area contributed by atoms with Gasteiger partial charge in [-0.2, -0.15) is 0 Å². The van der Waals surface area contributed by atoms with Crippen LogP contribution in [0.2, 0.25) is 0 Å². The first kappa shape index (κ1) is 9.65. The first-order valence-electron chi connectivity index (χ1n) is 4.54. The zero-order valence-corrected chi connectivity index (χ0v) is 8.93. The summed E-state index contributed by atoms with van der Waals surface area (Å²) in [4.78, 5) is 1.26. The van der Waals surface area contributed by atoms with E-state index in [4.69, 9.17) is 10.5 Å². The highest BCUT2D eigenvalue weighted by atomic mass is 32.1. The average molecular weight is 207 g/mol. The molecule has 14 heavy (non-hydrogen) atoms. The van der Waals surface area contributed by atoms with Gasteiger partial charge in [-0.3, -0.25) is 0 Å². The zero-order chi connectivity index (χ0) is 9.97. The standard InChI is InChI=1S/C11H13NOS/c1-13-7-10-5-9-3-2-8(6-12)4-11(9)14-10/h2-5H,6-7,12H2,1H3. The van der Waals surface area contributed by atoms with Crippen molar-refractivity contribution in [1.82, 2.24) is 0 Å². The molecule has 0 radical (unpaired) electrons. The Morgan fingerprint density at radius 1 is 1.36 bits per heavy atom. The van der Waals surface area contributed by atoms with Crippen LogP contribution in [0.25, 0.3) is 10.1 Å². The molecule has 0 saturated carbocycles. The minimum absolute atomic E-state index is 0.605. The molecule has 0 spiro atoms. The second-order valence-corrected chi connectivity index (χ2v) is 4.39. The fourth-order valence-electron chi connectivity index (χ4n) is 1.47. The van der Waals surface area contributed by atoms with E-state index in [-0.39, 0.29) is 0 Å². The highest BCUT2D eigenvalue weighted by Gasteiger charge is 2.01. The van der Waals surface area contributed by atoms with E-state index in [1.807, 2.05) is 0 Å². The van der Waals surface area contributed by atoms with Gasteiger partial charge in [-0.15, -0.1) is 11.3 Å². The highest BCUT2D eigenvalue weighted by molar-refractivity contribution is 7.19. The van der Waals surface area contributed by atoms with Crippen molar-refractivity contribution in [3.63, 3.8) is 0 Å². The predicted molar refractivity (Wildman–Crippen MR) is 60.4 cm³/mol. The summed E-state index contributed by atoms with van der Waals surface area (Å²) in [5.74, 6) is 0. The summed E-state index contributed by atoms with van der Waals surface area (Å²) in [5.41, 5.74) is 6.77. The number of methoxy groups -OCH3 is 1. The Morgan fingerprint density at radius 3 is 2.93 bits per heavy atom. The minimum Gasteiger partial charge on any atom is -0.379 e. The van der Waals surface area contributed by atoms with Crippen molar-refractivity contribution in [2.45, 2.75) is 13.2 Å². The Kier molecular flexibility index (Phi) is 2.82. The monoisotopic (exact) mass is 207 g/mol. The quantitative estimate of drug-likeness (QED) is 0.839. The molecule has 0 aliphatic rings. The maximum atomic E-state index is 5.59. The number of nitrogens with two attached hydrogens (primary N) is 1. The van der Waals surface area contributed by atoms with Gasteiger partial charge in [0.25, 0.3) is 0 Å². The highest BCUT2D eigenvalue weighted by Crippen LogP contribution is 2.26. The van der Waals surface area contributed by atoms with Crippen molar-refractivity contribution >= 4 is 21.4 Å². The molecular formula is C11H13NOS. The van der Waals surface area contributed by atoms with Crippen molar-refractivity contribution in [3.8, 4) is 0 Å². The van der Waals surface area contributed by atoms with Crippen molar-refractivity contribution in [3.05, 3.63) is 34.7 Å². The van der Waals surface area contributed by atoms with Gasteiger partial charge in [0.2, 0.25) is 0 Å².